The molecule has 0 atom stereocenters. The van der Waals surface area contributed by atoms with Gasteiger partial charge in [-0.25, -0.2) is 21.9 Å². The molecule has 1 fully saturated rings. The quantitative estimate of drug-likeness (QED) is 0.848. The normalized spacial score (nSPS) is 21.7. The first-order valence-corrected chi connectivity index (χ1v) is 9.50. The van der Waals surface area contributed by atoms with Crippen LogP contribution in [0.25, 0.3) is 0 Å². The first-order chi connectivity index (χ1) is 11.2. The van der Waals surface area contributed by atoms with Gasteiger partial charge in [-0.1, -0.05) is 0 Å². The molecule has 24 heavy (non-hydrogen) atoms. The van der Waals surface area contributed by atoms with Crippen molar-refractivity contribution >= 4 is 21.6 Å². The van der Waals surface area contributed by atoms with Crippen LogP contribution in [-0.2, 0) is 14.8 Å². The van der Waals surface area contributed by atoms with Crippen molar-refractivity contribution in [3.8, 4) is 0 Å². The number of carbonyl (C=O) groups excluding carboxylic acids is 1. The highest BCUT2D eigenvalue weighted by atomic mass is 32.2. The minimum Gasteiger partial charge on any atom is -0.326 e. The van der Waals surface area contributed by atoms with E-state index in [0.29, 0.717) is 25.7 Å². The summed E-state index contributed by atoms with van der Waals surface area (Å²) < 4.78 is 52.4. The highest BCUT2D eigenvalue weighted by Gasteiger charge is 2.29. The summed E-state index contributed by atoms with van der Waals surface area (Å²) in [7, 11) is -3.32. The fourth-order valence-corrected chi connectivity index (χ4v) is 3.63. The van der Waals surface area contributed by atoms with Crippen molar-refractivity contribution in [2.24, 2.45) is 5.92 Å². The Balaban J connectivity index is 1.87. The lowest BCUT2D eigenvalue weighted by Gasteiger charge is -2.28. The van der Waals surface area contributed by atoms with Gasteiger partial charge in [0.05, 0.1) is 5.25 Å². The fourth-order valence-electron chi connectivity index (χ4n) is 2.66. The van der Waals surface area contributed by atoms with E-state index in [-0.39, 0.29) is 23.6 Å². The number of hydrogen-bond donors (Lipinski definition) is 2. The third-order valence-electron chi connectivity index (χ3n) is 4.24. The maximum absolute atomic E-state index is 13.2. The Labute approximate surface area is 140 Å². The van der Waals surface area contributed by atoms with Crippen LogP contribution in [0.1, 0.15) is 39.5 Å². The summed E-state index contributed by atoms with van der Waals surface area (Å²) in [4.78, 5) is 12.2. The lowest BCUT2D eigenvalue weighted by atomic mass is 9.86. The van der Waals surface area contributed by atoms with Gasteiger partial charge in [0.15, 0.2) is 11.6 Å². The zero-order chi connectivity index (χ0) is 17.9. The van der Waals surface area contributed by atoms with Crippen LogP contribution in [0.3, 0.4) is 0 Å². The van der Waals surface area contributed by atoms with Crippen LogP contribution < -0.4 is 10.0 Å². The molecule has 1 aromatic carbocycles. The maximum Gasteiger partial charge on any atom is 0.227 e. The molecular formula is C16H22F2N2O3S. The van der Waals surface area contributed by atoms with E-state index in [1.165, 1.54) is 6.07 Å². The molecule has 1 amide bonds. The predicted molar refractivity (Wildman–Crippen MR) is 87.9 cm³/mol. The van der Waals surface area contributed by atoms with Gasteiger partial charge in [0.2, 0.25) is 15.9 Å². The smallest absolute Gasteiger partial charge is 0.227 e. The summed E-state index contributed by atoms with van der Waals surface area (Å²) in [5, 5.41) is 2.08. The molecule has 8 heteroatoms. The summed E-state index contributed by atoms with van der Waals surface area (Å²) >= 11 is 0. The molecule has 134 valence electrons. The van der Waals surface area contributed by atoms with E-state index < -0.39 is 26.9 Å². The van der Waals surface area contributed by atoms with Gasteiger partial charge in [-0.2, -0.15) is 0 Å². The Morgan fingerprint density at radius 2 is 1.75 bits per heavy atom. The molecule has 5 nitrogen and oxygen atoms in total. The molecule has 1 saturated carbocycles. The van der Waals surface area contributed by atoms with Gasteiger partial charge in [-0.3, -0.25) is 4.79 Å². The number of carbonyl (C=O) groups is 1. The summed E-state index contributed by atoms with van der Waals surface area (Å²) in [5.74, 6) is -2.50. The standard InChI is InChI=1S/C16H22F2N2O3S/c1-10(2)24(22,23)20-12-5-3-11(4-6-12)16(21)19-13-7-8-14(17)15(18)9-13/h7-12,20H,3-6H2,1-2H3,(H,19,21)/t11-,12-. The number of benzene rings is 1. The van der Waals surface area contributed by atoms with E-state index in [0.717, 1.165) is 12.1 Å². The third kappa shape index (κ3) is 4.73. The Kier molecular flexibility index (Phi) is 5.92. The van der Waals surface area contributed by atoms with Gasteiger partial charge in [0.1, 0.15) is 0 Å². The lowest BCUT2D eigenvalue weighted by molar-refractivity contribution is -0.120. The summed E-state index contributed by atoms with van der Waals surface area (Å²) in [6.07, 6.45) is 2.23. The molecule has 0 bridgehead atoms. The zero-order valence-corrected chi connectivity index (χ0v) is 14.5. The van der Waals surface area contributed by atoms with Gasteiger partial charge >= 0.3 is 0 Å². The number of anilines is 1. The molecule has 0 unspecified atom stereocenters. The second-order valence-electron chi connectivity index (χ2n) is 6.38. The highest BCUT2D eigenvalue weighted by molar-refractivity contribution is 7.90. The molecule has 0 radical (unpaired) electrons. The highest BCUT2D eigenvalue weighted by Crippen LogP contribution is 2.26. The Morgan fingerprint density at radius 3 is 2.29 bits per heavy atom. The summed E-state index contributed by atoms with van der Waals surface area (Å²) in [6.45, 7) is 3.23. The average Bonchev–Trinajstić information content (AvgIpc) is 2.51. The molecule has 2 rings (SSSR count). The molecule has 1 aliphatic rings. The van der Waals surface area contributed by atoms with Crippen LogP contribution in [-0.4, -0.2) is 25.6 Å². The minimum atomic E-state index is -3.32. The number of sulfonamides is 1. The van der Waals surface area contributed by atoms with E-state index >= 15 is 0 Å². The van der Waals surface area contributed by atoms with Crippen molar-refractivity contribution in [2.75, 3.05) is 5.32 Å². The van der Waals surface area contributed by atoms with Gasteiger partial charge in [-0.05, 0) is 51.7 Å². The third-order valence-corrected chi connectivity index (χ3v) is 6.14. The van der Waals surface area contributed by atoms with Gasteiger partial charge in [-0.15, -0.1) is 0 Å². The van der Waals surface area contributed by atoms with E-state index in [1.54, 1.807) is 13.8 Å². The van der Waals surface area contributed by atoms with Crippen LogP contribution >= 0.6 is 0 Å². The molecule has 1 aromatic rings. The molecule has 0 aliphatic heterocycles. The largest absolute Gasteiger partial charge is 0.326 e. The van der Waals surface area contributed by atoms with Crippen LogP contribution in [0, 0.1) is 17.6 Å². The Bertz CT molecular complexity index is 699. The molecule has 0 heterocycles. The Morgan fingerprint density at radius 1 is 1.12 bits per heavy atom. The molecular weight excluding hydrogens is 338 g/mol. The number of amides is 1. The van der Waals surface area contributed by atoms with Crippen molar-refractivity contribution in [2.45, 2.75) is 50.8 Å². The monoisotopic (exact) mass is 360 g/mol. The van der Waals surface area contributed by atoms with Crippen molar-refractivity contribution in [1.82, 2.24) is 4.72 Å². The number of rotatable bonds is 5. The lowest BCUT2D eigenvalue weighted by Crippen LogP contribution is -2.42. The molecule has 0 saturated heterocycles. The van der Waals surface area contributed by atoms with Crippen LogP contribution in [0.5, 0.6) is 0 Å². The zero-order valence-electron chi connectivity index (χ0n) is 13.7. The second-order valence-corrected chi connectivity index (χ2v) is 8.65. The van der Waals surface area contributed by atoms with Crippen LogP contribution in [0.15, 0.2) is 18.2 Å². The van der Waals surface area contributed by atoms with E-state index in [2.05, 4.69) is 10.0 Å². The molecule has 0 aromatic heterocycles. The average molecular weight is 360 g/mol. The predicted octanol–water partition coefficient (Wildman–Crippen LogP) is 2.79. The topological polar surface area (TPSA) is 75.3 Å². The van der Waals surface area contributed by atoms with Crippen molar-refractivity contribution < 1.29 is 22.0 Å². The number of halogens is 2. The Hall–Kier alpha value is -1.54. The van der Waals surface area contributed by atoms with E-state index in [1.807, 2.05) is 0 Å². The second kappa shape index (κ2) is 7.57. The summed E-state index contributed by atoms with van der Waals surface area (Å²) in [6, 6.07) is 3.04. The first kappa shape index (κ1) is 18.8. The SMILES string of the molecule is CC(C)S(=O)(=O)N[C@H]1CC[C@H](C(=O)Nc2ccc(F)c(F)c2)CC1. The van der Waals surface area contributed by atoms with Gasteiger partial charge < -0.3 is 5.32 Å². The molecule has 0 spiro atoms. The molecule has 2 N–H and O–H groups in total. The fraction of sp³-hybridized carbons (Fsp3) is 0.562. The van der Waals surface area contributed by atoms with Crippen LogP contribution in [0.2, 0.25) is 0 Å². The van der Waals surface area contributed by atoms with E-state index in [9.17, 15) is 22.0 Å². The van der Waals surface area contributed by atoms with Crippen molar-refractivity contribution in [3.05, 3.63) is 29.8 Å². The number of hydrogen-bond acceptors (Lipinski definition) is 3. The van der Waals surface area contributed by atoms with Crippen molar-refractivity contribution in [1.29, 1.82) is 0 Å². The van der Waals surface area contributed by atoms with E-state index in [4.69, 9.17) is 0 Å². The van der Waals surface area contributed by atoms with Crippen molar-refractivity contribution in [3.63, 3.8) is 0 Å². The maximum atomic E-state index is 13.2. The van der Waals surface area contributed by atoms with Crippen LogP contribution in [0.4, 0.5) is 14.5 Å². The van der Waals surface area contributed by atoms with Gasteiger partial charge in [0, 0.05) is 23.7 Å². The minimum absolute atomic E-state index is 0.162. The molecule has 1 aliphatic carbocycles. The number of nitrogens with one attached hydrogen (secondary N) is 2. The summed E-state index contributed by atoms with van der Waals surface area (Å²) in [5.41, 5.74) is 0.210. The van der Waals surface area contributed by atoms with Gasteiger partial charge in [0.25, 0.3) is 0 Å². The first-order valence-electron chi connectivity index (χ1n) is 7.96.